The Hall–Kier alpha value is -2.57. The van der Waals surface area contributed by atoms with E-state index < -0.39 is 6.36 Å². The van der Waals surface area contributed by atoms with Crippen molar-refractivity contribution in [1.29, 1.82) is 0 Å². The zero-order valence-corrected chi connectivity index (χ0v) is 15.3. The van der Waals surface area contributed by atoms with Crippen LogP contribution < -0.4 is 14.2 Å². The van der Waals surface area contributed by atoms with E-state index in [9.17, 15) is 18.3 Å². The van der Waals surface area contributed by atoms with E-state index in [4.69, 9.17) is 9.47 Å². The molecule has 0 aromatic heterocycles. The van der Waals surface area contributed by atoms with Crippen LogP contribution in [0.5, 0.6) is 23.0 Å². The largest absolute Gasteiger partial charge is 0.573 e. The Bertz CT molecular complexity index is 702. The molecule has 2 aromatic carbocycles. The van der Waals surface area contributed by atoms with Crippen molar-refractivity contribution in [2.24, 2.45) is 0 Å². The van der Waals surface area contributed by atoms with Gasteiger partial charge >= 0.3 is 6.36 Å². The third-order valence-electron chi connectivity index (χ3n) is 3.85. The van der Waals surface area contributed by atoms with Crippen LogP contribution in [0.25, 0.3) is 0 Å². The van der Waals surface area contributed by atoms with Crippen LogP contribution in [0, 0.1) is 0 Å². The lowest BCUT2D eigenvalue weighted by Gasteiger charge is -2.15. The number of halogens is 3. The van der Waals surface area contributed by atoms with Gasteiger partial charge in [0.2, 0.25) is 0 Å². The second kappa shape index (κ2) is 9.39. The van der Waals surface area contributed by atoms with E-state index in [0.717, 1.165) is 29.7 Å². The first-order chi connectivity index (χ1) is 12.8. The smallest absolute Gasteiger partial charge is 0.508 e. The van der Waals surface area contributed by atoms with E-state index in [0.29, 0.717) is 25.4 Å². The number of rotatable bonds is 9. The Kier molecular flexibility index (Phi) is 7.21. The van der Waals surface area contributed by atoms with Gasteiger partial charge in [-0.1, -0.05) is 13.8 Å². The molecular formula is C20H23F3O4. The molecule has 0 amide bonds. The maximum Gasteiger partial charge on any atom is 0.573 e. The first-order valence-electron chi connectivity index (χ1n) is 8.78. The van der Waals surface area contributed by atoms with E-state index in [1.165, 1.54) is 24.3 Å². The average Bonchev–Trinajstić information content (AvgIpc) is 2.61. The van der Waals surface area contributed by atoms with Gasteiger partial charge < -0.3 is 19.3 Å². The van der Waals surface area contributed by atoms with Gasteiger partial charge in [-0.2, -0.15) is 0 Å². The Morgan fingerprint density at radius 2 is 1.37 bits per heavy atom. The van der Waals surface area contributed by atoms with E-state index >= 15 is 0 Å². The topological polar surface area (TPSA) is 47.9 Å². The van der Waals surface area contributed by atoms with E-state index in [1.54, 1.807) is 12.1 Å². The lowest BCUT2D eigenvalue weighted by atomic mass is 10.0. The van der Waals surface area contributed by atoms with Gasteiger partial charge in [-0.3, -0.25) is 0 Å². The quantitative estimate of drug-likeness (QED) is 0.599. The monoisotopic (exact) mass is 384 g/mol. The highest BCUT2D eigenvalue weighted by Gasteiger charge is 2.30. The number of benzene rings is 2. The molecule has 0 heterocycles. The normalized spacial score (nSPS) is 11.3. The minimum atomic E-state index is -4.71. The van der Waals surface area contributed by atoms with Crippen molar-refractivity contribution < 1.29 is 32.5 Å². The number of phenolic OH excluding ortho intramolecular Hbond substituents is 1. The average molecular weight is 384 g/mol. The minimum absolute atomic E-state index is 0.234. The summed E-state index contributed by atoms with van der Waals surface area (Å²) >= 11 is 0. The molecular weight excluding hydrogens is 361 g/mol. The van der Waals surface area contributed by atoms with Crippen LogP contribution in [0.4, 0.5) is 13.2 Å². The number of phenols is 1. The molecule has 0 fully saturated rings. The number of aromatic hydroxyl groups is 1. The SMILES string of the molecule is CCc1cc(O)cc(CC)c1OCCCOc1ccc(OC(F)(F)F)cc1. The summed E-state index contributed by atoms with van der Waals surface area (Å²) in [5.41, 5.74) is 1.90. The van der Waals surface area contributed by atoms with Crippen molar-refractivity contribution in [1.82, 2.24) is 0 Å². The highest BCUT2D eigenvalue weighted by atomic mass is 19.4. The van der Waals surface area contributed by atoms with Crippen molar-refractivity contribution in [3.05, 3.63) is 47.5 Å². The van der Waals surface area contributed by atoms with Crippen LogP contribution in [-0.2, 0) is 12.8 Å². The molecule has 2 rings (SSSR count). The molecule has 0 aliphatic heterocycles. The fraction of sp³-hybridized carbons (Fsp3) is 0.400. The molecule has 0 spiro atoms. The molecule has 148 valence electrons. The summed E-state index contributed by atoms with van der Waals surface area (Å²) in [6.07, 6.45) is -2.60. The Labute approximate surface area is 156 Å². The standard InChI is InChI=1S/C20H23F3O4/c1-3-14-12-16(24)13-15(4-2)19(14)26-11-5-10-25-17-6-8-18(9-7-17)27-20(21,22)23/h6-9,12-13,24H,3-5,10-11H2,1-2H3. The van der Waals surface area contributed by atoms with Crippen molar-refractivity contribution in [3.63, 3.8) is 0 Å². The number of hydrogen-bond donors (Lipinski definition) is 1. The summed E-state index contributed by atoms with van der Waals surface area (Å²) in [7, 11) is 0. The van der Waals surface area contributed by atoms with Gasteiger partial charge in [0.25, 0.3) is 0 Å². The molecule has 0 bridgehead atoms. The maximum atomic E-state index is 12.1. The van der Waals surface area contributed by atoms with Gasteiger partial charge in [0.1, 0.15) is 23.0 Å². The summed E-state index contributed by atoms with van der Waals surface area (Å²) in [5.74, 6) is 1.20. The van der Waals surface area contributed by atoms with Crippen LogP contribution in [0.15, 0.2) is 36.4 Å². The molecule has 0 radical (unpaired) electrons. The van der Waals surface area contributed by atoms with Crippen molar-refractivity contribution in [2.75, 3.05) is 13.2 Å². The van der Waals surface area contributed by atoms with Gasteiger partial charge in [0.05, 0.1) is 13.2 Å². The van der Waals surface area contributed by atoms with Crippen LogP contribution in [0.3, 0.4) is 0 Å². The molecule has 0 saturated heterocycles. The Morgan fingerprint density at radius 1 is 0.852 bits per heavy atom. The highest BCUT2D eigenvalue weighted by Crippen LogP contribution is 2.30. The number of ether oxygens (including phenoxy) is 3. The molecule has 0 saturated carbocycles. The summed E-state index contributed by atoms with van der Waals surface area (Å²) in [4.78, 5) is 0. The summed E-state index contributed by atoms with van der Waals surface area (Å²) in [5, 5.41) is 9.75. The zero-order valence-electron chi connectivity index (χ0n) is 15.3. The van der Waals surface area contributed by atoms with E-state index in [-0.39, 0.29) is 11.5 Å². The predicted molar refractivity (Wildman–Crippen MR) is 95.6 cm³/mol. The van der Waals surface area contributed by atoms with Crippen LogP contribution in [-0.4, -0.2) is 24.7 Å². The number of alkyl halides is 3. The number of hydrogen-bond acceptors (Lipinski definition) is 4. The van der Waals surface area contributed by atoms with Gasteiger partial charge in [0, 0.05) is 6.42 Å². The van der Waals surface area contributed by atoms with Crippen molar-refractivity contribution >= 4 is 0 Å². The summed E-state index contributed by atoms with van der Waals surface area (Å²) < 4.78 is 51.5. The fourth-order valence-electron chi connectivity index (χ4n) is 2.61. The van der Waals surface area contributed by atoms with Crippen LogP contribution in [0.2, 0.25) is 0 Å². The molecule has 0 unspecified atom stereocenters. The summed E-state index contributed by atoms with van der Waals surface area (Å²) in [6.45, 7) is 4.78. The maximum absolute atomic E-state index is 12.1. The van der Waals surface area contributed by atoms with E-state index in [1.807, 2.05) is 13.8 Å². The molecule has 4 nitrogen and oxygen atoms in total. The van der Waals surface area contributed by atoms with Gasteiger partial charge in [-0.25, -0.2) is 0 Å². The Balaban J connectivity index is 1.81. The minimum Gasteiger partial charge on any atom is -0.508 e. The second-order valence-electron chi connectivity index (χ2n) is 5.87. The van der Waals surface area contributed by atoms with Gasteiger partial charge in [0.15, 0.2) is 0 Å². The van der Waals surface area contributed by atoms with Crippen LogP contribution >= 0.6 is 0 Å². The molecule has 1 N–H and O–H groups in total. The Morgan fingerprint density at radius 3 is 1.89 bits per heavy atom. The third kappa shape index (κ3) is 6.58. The molecule has 0 aliphatic carbocycles. The first-order valence-corrected chi connectivity index (χ1v) is 8.78. The zero-order chi connectivity index (χ0) is 19.9. The lowest BCUT2D eigenvalue weighted by molar-refractivity contribution is -0.274. The fourth-order valence-corrected chi connectivity index (χ4v) is 2.61. The second-order valence-corrected chi connectivity index (χ2v) is 5.87. The van der Waals surface area contributed by atoms with E-state index in [2.05, 4.69) is 4.74 Å². The van der Waals surface area contributed by atoms with Crippen LogP contribution in [0.1, 0.15) is 31.4 Å². The summed E-state index contributed by atoms with van der Waals surface area (Å²) in [6, 6.07) is 8.66. The third-order valence-corrected chi connectivity index (χ3v) is 3.85. The first kappa shape index (κ1) is 20.7. The number of aryl methyl sites for hydroxylation is 2. The highest BCUT2D eigenvalue weighted by molar-refractivity contribution is 5.47. The molecule has 7 heteroatoms. The van der Waals surface area contributed by atoms with Crippen molar-refractivity contribution in [3.8, 4) is 23.0 Å². The molecule has 2 aromatic rings. The predicted octanol–water partition coefficient (Wildman–Crippen LogP) is 5.26. The molecule has 27 heavy (non-hydrogen) atoms. The van der Waals surface area contributed by atoms with Gasteiger partial charge in [-0.15, -0.1) is 13.2 Å². The lowest BCUT2D eigenvalue weighted by Crippen LogP contribution is -2.17. The molecule has 0 atom stereocenters. The van der Waals surface area contributed by atoms with Crippen molar-refractivity contribution in [2.45, 2.75) is 39.5 Å². The van der Waals surface area contributed by atoms with Gasteiger partial charge in [-0.05, 0) is 60.4 Å². The molecule has 0 aliphatic rings.